The fourth-order valence-electron chi connectivity index (χ4n) is 9.04. The van der Waals surface area contributed by atoms with Crippen molar-refractivity contribution in [3.05, 3.63) is 66.1 Å². The summed E-state index contributed by atoms with van der Waals surface area (Å²) in [6.45, 7) is 10.4. The maximum atomic E-state index is 12.6. The highest BCUT2D eigenvalue weighted by molar-refractivity contribution is 7.91. The Morgan fingerprint density at radius 3 is 2.44 bits per heavy atom. The van der Waals surface area contributed by atoms with E-state index in [-0.39, 0.29) is 34.5 Å². The monoisotopic (exact) mass is 815 g/mol. The standard InChI is InChI=1S/C42H54ClN9O4S/c1-2-57(55,56)38-6-4-3-5-36(38)46-40-35(43)24-44-42(48-40)45-33-16-20-50(28-33)19-13-29-11-17-49(18-12-29)25-30-14-21-51(22-15-30)34-8-7-31-26-52(27-32(31)23-34)37-9-10-39(53)47-41(37)54/h3-8,23-24,26-27,29-30,33,37H,2,9-22,25,28H2,1H3,(H,47,53,54)(H2,44,45,46,48). The fourth-order valence-corrected chi connectivity index (χ4v) is 10.2. The van der Waals surface area contributed by atoms with Crippen LogP contribution in [0.15, 0.2) is 66.0 Å². The minimum absolute atomic E-state index is 0.00365. The Morgan fingerprint density at radius 2 is 1.65 bits per heavy atom. The van der Waals surface area contributed by atoms with E-state index in [2.05, 4.69) is 65.0 Å². The molecule has 8 rings (SSSR count). The van der Waals surface area contributed by atoms with Gasteiger partial charge in [0.15, 0.2) is 15.7 Å². The molecular weight excluding hydrogens is 762 g/mol. The Balaban J connectivity index is 0.744. The molecule has 0 spiro atoms. The van der Waals surface area contributed by atoms with Gasteiger partial charge in [0.1, 0.15) is 11.1 Å². The number of imide groups is 1. The Labute approximate surface area is 340 Å². The average Bonchev–Trinajstić information content (AvgIpc) is 3.86. The Kier molecular flexibility index (Phi) is 12.0. The third kappa shape index (κ3) is 9.40. The van der Waals surface area contributed by atoms with Gasteiger partial charge in [0.05, 0.1) is 22.5 Å². The highest BCUT2D eigenvalue weighted by atomic mass is 35.5. The zero-order valence-electron chi connectivity index (χ0n) is 32.7. The fraction of sp³-hybridized carbons (Fsp3) is 0.524. The van der Waals surface area contributed by atoms with Gasteiger partial charge < -0.3 is 29.9 Å². The van der Waals surface area contributed by atoms with Gasteiger partial charge >= 0.3 is 0 Å². The number of benzene rings is 2. The van der Waals surface area contributed by atoms with Gasteiger partial charge in [0, 0.05) is 68.7 Å². The van der Waals surface area contributed by atoms with E-state index in [1.807, 2.05) is 10.8 Å². The van der Waals surface area contributed by atoms with Crippen molar-refractivity contribution in [1.29, 1.82) is 0 Å². The molecule has 304 valence electrons. The number of piperidine rings is 3. The van der Waals surface area contributed by atoms with Crippen LogP contribution in [0, 0.1) is 11.8 Å². The number of nitrogens with one attached hydrogen (secondary N) is 3. The van der Waals surface area contributed by atoms with Gasteiger partial charge in [-0.25, -0.2) is 13.4 Å². The van der Waals surface area contributed by atoms with Crippen LogP contribution in [0.5, 0.6) is 0 Å². The van der Waals surface area contributed by atoms with Crippen LogP contribution < -0.4 is 20.9 Å². The minimum atomic E-state index is -3.42. The van der Waals surface area contributed by atoms with Crippen molar-refractivity contribution in [3.8, 4) is 0 Å². The van der Waals surface area contributed by atoms with Gasteiger partial charge in [-0.15, -0.1) is 0 Å². The van der Waals surface area contributed by atoms with Crippen LogP contribution in [0.4, 0.5) is 23.1 Å². The van der Waals surface area contributed by atoms with Gasteiger partial charge in [-0.05, 0) is 106 Å². The second-order valence-electron chi connectivity index (χ2n) is 16.3. The topological polar surface area (TPSA) is 145 Å². The molecule has 4 saturated heterocycles. The SMILES string of the molecule is CCS(=O)(=O)c1ccccc1Nc1nc(NC2CCN(CCC3CCN(CC4CCN(c5ccc6cn(C7CCC(=O)NC7=O)cc6c5)CC4)CC3)C2)ncc1Cl. The number of carbonyl (C=O) groups is 2. The van der Waals surface area contributed by atoms with E-state index in [0.717, 1.165) is 61.8 Å². The molecule has 2 amide bonds. The lowest BCUT2D eigenvalue weighted by atomic mass is 9.91. The van der Waals surface area contributed by atoms with Crippen molar-refractivity contribution in [3.63, 3.8) is 0 Å². The number of nitrogens with zero attached hydrogens (tertiary/aromatic N) is 6. The molecular formula is C42H54ClN9O4S. The second-order valence-corrected chi connectivity index (χ2v) is 18.9. The summed E-state index contributed by atoms with van der Waals surface area (Å²) >= 11 is 6.43. The molecule has 57 heavy (non-hydrogen) atoms. The zero-order valence-corrected chi connectivity index (χ0v) is 34.3. The number of aromatic nitrogens is 3. The number of likely N-dealkylation sites (tertiary alicyclic amines) is 2. The van der Waals surface area contributed by atoms with Crippen LogP contribution in [-0.2, 0) is 19.4 Å². The quantitative estimate of drug-likeness (QED) is 0.135. The first-order chi connectivity index (χ1) is 27.6. The molecule has 2 unspecified atom stereocenters. The number of hydrogen-bond acceptors (Lipinski definition) is 11. The summed E-state index contributed by atoms with van der Waals surface area (Å²) < 4.78 is 27.3. The van der Waals surface area contributed by atoms with Crippen LogP contribution in [0.1, 0.15) is 64.3 Å². The summed E-state index contributed by atoms with van der Waals surface area (Å²) in [5.41, 5.74) is 1.69. The Hall–Kier alpha value is -4.24. The van der Waals surface area contributed by atoms with E-state index in [1.54, 1.807) is 37.4 Å². The first-order valence-corrected chi connectivity index (χ1v) is 22.7. The first kappa shape index (κ1) is 39.6. The maximum Gasteiger partial charge on any atom is 0.249 e. The first-order valence-electron chi connectivity index (χ1n) is 20.6. The van der Waals surface area contributed by atoms with Crippen LogP contribution in [0.25, 0.3) is 10.8 Å². The molecule has 2 aromatic carbocycles. The third-order valence-electron chi connectivity index (χ3n) is 12.5. The molecule has 0 saturated carbocycles. The van der Waals surface area contributed by atoms with Gasteiger partial charge in [-0.1, -0.05) is 36.7 Å². The molecule has 0 bridgehead atoms. The van der Waals surface area contributed by atoms with E-state index in [4.69, 9.17) is 11.6 Å². The molecule has 3 N–H and O–H groups in total. The summed E-state index contributed by atoms with van der Waals surface area (Å²) in [7, 11) is -3.42. The largest absolute Gasteiger partial charge is 0.371 e. The summed E-state index contributed by atoms with van der Waals surface area (Å²) in [4.78, 5) is 41.0. The van der Waals surface area contributed by atoms with E-state index < -0.39 is 9.84 Å². The van der Waals surface area contributed by atoms with E-state index in [1.165, 1.54) is 57.4 Å². The highest BCUT2D eigenvalue weighted by Crippen LogP contribution is 2.32. The molecule has 0 radical (unpaired) electrons. The van der Waals surface area contributed by atoms with Gasteiger partial charge in [0.2, 0.25) is 17.8 Å². The number of rotatable bonds is 13. The highest BCUT2D eigenvalue weighted by Gasteiger charge is 2.30. The number of para-hydroxylation sites is 1. The van der Waals surface area contributed by atoms with E-state index in [0.29, 0.717) is 35.3 Å². The predicted octanol–water partition coefficient (Wildman–Crippen LogP) is 6.10. The van der Waals surface area contributed by atoms with Gasteiger partial charge in [-0.2, -0.15) is 4.98 Å². The minimum Gasteiger partial charge on any atom is -0.371 e. The smallest absolute Gasteiger partial charge is 0.249 e. The lowest BCUT2D eigenvalue weighted by Gasteiger charge is -2.38. The zero-order chi connectivity index (χ0) is 39.5. The molecule has 4 aliphatic rings. The molecule has 0 aliphatic carbocycles. The van der Waals surface area contributed by atoms with Crippen molar-refractivity contribution >= 4 is 67.2 Å². The van der Waals surface area contributed by atoms with Crippen molar-refractivity contribution in [2.45, 2.75) is 75.3 Å². The van der Waals surface area contributed by atoms with Crippen LogP contribution >= 0.6 is 11.6 Å². The molecule has 4 aromatic rings. The second kappa shape index (κ2) is 17.3. The number of halogens is 1. The van der Waals surface area contributed by atoms with Crippen LogP contribution in [0.2, 0.25) is 5.02 Å². The number of carbonyl (C=O) groups excluding carboxylic acids is 2. The molecule has 13 nitrogen and oxygen atoms in total. The number of anilines is 4. The number of fused-ring (bicyclic) bond motifs is 1. The van der Waals surface area contributed by atoms with E-state index in [9.17, 15) is 18.0 Å². The maximum absolute atomic E-state index is 12.6. The average molecular weight is 816 g/mol. The summed E-state index contributed by atoms with van der Waals surface area (Å²) in [6.07, 6.45) is 13.7. The molecule has 15 heteroatoms. The van der Waals surface area contributed by atoms with Crippen LogP contribution in [0.3, 0.4) is 0 Å². The summed E-state index contributed by atoms with van der Waals surface area (Å²) in [5, 5.41) is 11.7. The summed E-state index contributed by atoms with van der Waals surface area (Å²) in [6, 6.07) is 13.3. The van der Waals surface area contributed by atoms with Crippen LogP contribution in [-0.4, -0.2) is 109 Å². The molecule has 6 heterocycles. The van der Waals surface area contributed by atoms with Crippen molar-refractivity contribution in [2.75, 3.05) is 73.6 Å². The third-order valence-corrected chi connectivity index (χ3v) is 14.5. The Morgan fingerprint density at radius 1 is 0.895 bits per heavy atom. The molecule has 2 aromatic heterocycles. The van der Waals surface area contributed by atoms with Crippen molar-refractivity contribution in [1.82, 2.24) is 29.7 Å². The predicted molar refractivity (Wildman–Crippen MR) is 225 cm³/mol. The lowest BCUT2D eigenvalue weighted by Crippen LogP contribution is -2.42. The summed E-state index contributed by atoms with van der Waals surface area (Å²) in [5.74, 6) is 1.95. The van der Waals surface area contributed by atoms with Crippen molar-refractivity contribution < 1.29 is 18.0 Å². The normalized spacial score (nSPS) is 22.0. The number of amides is 2. The number of hydrogen-bond donors (Lipinski definition) is 3. The van der Waals surface area contributed by atoms with Gasteiger partial charge in [-0.3, -0.25) is 14.9 Å². The molecule has 2 atom stereocenters. The molecule has 4 fully saturated rings. The van der Waals surface area contributed by atoms with Crippen molar-refractivity contribution in [2.24, 2.45) is 11.8 Å². The lowest BCUT2D eigenvalue weighted by molar-refractivity contribution is -0.135. The van der Waals surface area contributed by atoms with E-state index >= 15 is 0 Å². The number of sulfone groups is 1. The Bertz CT molecular complexity index is 2180. The molecule has 4 aliphatic heterocycles. The van der Waals surface area contributed by atoms with Gasteiger partial charge in [0.25, 0.3) is 0 Å².